The zero-order valence-electron chi connectivity index (χ0n) is 9.68. The molecule has 88 valence electrons. The number of fused-ring (bicyclic) bond motifs is 1. The van der Waals surface area contributed by atoms with E-state index in [0.29, 0.717) is 0 Å². The molecule has 0 saturated heterocycles. The normalized spacial score (nSPS) is 22.1. The summed E-state index contributed by atoms with van der Waals surface area (Å²) in [5.74, 6) is 0. The van der Waals surface area contributed by atoms with Gasteiger partial charge in [-0.1, -0.05) is 30.3 Å². The second-order valence-corrected chi connectivity index (χ2v) is 5.59. The Labute approximate surface area is 105 Å². The van der Waals surface area contributed by atoms with Gasteiger partial charge in [-0.25, -0.2) is 0 Å². The van der Waals surface area contributed by atoms with Crippen molar-refractivity contribution < 1.29 is 5.11 Å². The molecule has 2 atom stereocenters. The van der Waals surface area contributed by atoms with Gasteiger partial charge in [0.2, 0.25) is 0 Å². The van der Waals surface area contributed by atoms with Crippen LogP contribution in [0.5, 0.6) is 0 Å². The Morgan fingerprint density at radius 3 is 2.88 bits per heavy atom. The van der Waals surface area contributed by atoms with E-state index in [1.54, 1.807) is 11.3 Å². The fourth-order valence-corrected chi connectivity index (χ4v) is 3.33. The smallest absolute Gasteiger partial charge is 0.115 e. The lowest BCUT2D eigenvalue weighted by atomic mass is 9.89. The maximum Gasteiger partial charge on any atom is 0.115 e. The van der Waals surface area contributed by atoms with E-state index in [-0.39, 0.29) is 6.04 Å². The van der Waals surface area contributed by atoms with Crippen molar-refractivity contribution >= 4 is 11.3 Å². The lowest BCUT2D eigenvalue weighted by Crippen LogP contribution is -2.35. The van der Waals surface area contributed by atoms with Gasteiger partial charge in [0.25, 0.3) is 0 Å². The first-order chi connectivity index (χ1) is 8.19. The fraction of sp³-hybridized carbons (Fsp3) is 0.286. The van der Waals surface area contributed by atoms with Gasteiger partial charge >= 0.3 is 0 Å². The Balaban J connectivity index is 2.02. The van der Waals surface area contributed by atoms with E-state index in [1.165, 1.54) is 11.1 Å². The minimum atomic E-state index is -0.846. The monoisotopic (exact) mass is 245 g/mol. The van der Waals surface area contributed by atoms with Gasteiger partial charge in [-0.3, -0.25) is 0 Å². The molecule has 0 radical (unpaired) electrons. The van der Waals surface area contributed by atoms with Crippen LogP contribution in [0.2, 0.25) is 0 Å². The minimum Gasteiger partial charge on any atom is -0.383 e. The number of rotatable bonds is 2. The molecule has 17 heavy (non-hydrogen) atoms. The van der Waals surface area contributed by atoms with Gasteiger partial charge in [0, 0.05) is 11.4 Å². The predicted octanol–water partition coefficient (Wildman–Crippen LogP) is 2.80. The van der Waals surface area contributed by atoms with Crippen LogP contribution in [-0.4, -0.2) is 5.11 Å². The molecule has 2 heterocycles. The molecule has 0 fully saturated rings. The molecule has 2 unspecified atom stereocenters. The molecule has 3 rings (SSSR count). The zero-order chi connectivity index (χ0) is 11.9. The second kappa shape index (κ2) is 3.95. The maximum atomic E-state index is 10.8. The third kappa shape index (κ3) is 1.71. The molecule has 2 nitrogen and oxygen atoms in total. The van der Waals surface area contributed by atoms with Gasteiger partial charge in [0.05, 0.1) is 6.04 Å². The highest BCUT2D eigenvalue weighted by atomic mass is 32.1. The van der Waals surface area contributed by atoms with E-state index in [0.717, 1.165) is 11.4 Å². The van der Waals surface area contributed by atoms with Crippen LogP contribution in [0.3, 0.4) is 0 Å². The summed E-state index contributed by atoms with van der Waals surface area (Å²) in [7, 11) is 0. The quantitative estimate of drug-likeness (QED) is 0.852. The van der Waals surface area contributed by atoms with E-state index < -0.39 is 5.60 Å². The Hall–Kier alpha value is -1.16. The SMILES string of the molecule is CC(O)(c1cccs1)C1NCc2ccccc21. The van der Waals surface area contributed by atoms with Crippen LogP contribution in [0, 0.1) is 0 Å². The summed E-state index contributed by atoms with van der Waals surface area (Å²) < 4.78 is 0. The number of nitrogens with one attached hydrogen (secondary N) is 1. The van der Waals surface area contributed by atoms with Crippen molar-refractivity contribution in [2.45, 2.75) is 25.1 Å². The Bertz CT molecular complexity index is 519. The highest BCUT2D eigenvalue weighted by Gasteiger charge is 2.39. The summed E-state index contributed by atoms with van der Waals surface area (Å²) in [5, 5.41) is 16.2. The van der Waals surface area contributed by atoms with Crippen molar-refractivity contribution in [3.05, 3.63) is 57.8 Å². The molecule has 0 amide bonds. The minimum absolute atomic E-state index is 0.0163. The molecular weight excluding hydrogens is 230 g/mol. The van der Waals surface area contributed by atoms with E-state index in [9.17, 15) is 5.11 Å². The first kappa shape index (κ1) is 11.0. The van der Waals surface area contributed by atoms with Gasteiger partial charge in [0.15, 0.2) is 0 Å². The molecule has 1 aliphatic heterocycles. The molecule has 1 aliphatic rings. The Morgan fingerprint density at radius 2 is 2.12 bits per heavy atom. The lowest BCUT2D eigenvalue weighted by molar-refractivity contribution is 0.0213. The summed E-state index contributed by atoms with van der Waals surface area (Å²) in [6, 6.07) is 12.3. The summed E-state index contributed by atoms with van der Waals surface area (Å²) >= 11 is 1.60. The van der Waals surface area contributed by atoms with E-state index in [4.69, 9.17) is 0 Å². The van der Waals surface area contributed by atoms with Gasteiger partial charge < -0.3 is 10.4 Å². The van der Waals surface area contributed by atoms with Crippen molar-refractivity contribution in [1.82, 2.24) is 5.32 Å². The number of thiophene rings is 1. The first-order valence-corrected chi connectivity index (χ1v) is 6.65. The Morgan fingerprint density at radius 1 is 1.29 bits per heavy atom. The molecule has 2 aromatic rings. The third-order valence-electron chi connectivity index (χ3n) is 3.44. The zero-order valence-corrected chi connectivity index (χ0v) is 10.5. The van der Waals surface area contributed by atoms with Crippen LogP contribution in [0.15, 0.2) is 41.8 Å². The summed E-state index contributed by atoms with van der Waals surface area (Å²) in [6.07, 6.45) is 0. The average Bonchev–Trinajstić information content (AvgIpc) is 2.99. The highest BCUT2D eigenvalue weighted by molar-refractivity contribution is 7.10. The lowest BCUT2D eigenvalue weighted by Gasteiger charge is -2.30. The van der Waals surface area contributed by atoms with Crippen LogP contribution in [-0.2, 0) is 12.1 Å². The van der Waals surface area contributed by atoms with Crippen LogP contribution in [0.25, 0.3) is 0 Å². The molecule has 3 heteroatoms. The second-order valence-electron chi connectivity index (χ2n) is 4.64. The number of aliphatic hydroxyl groups is 1. The molecule has 2 N–H and O–H groups in total. The molecule has 0 spiro atoms. The van der Waals surface area contributed by atoms with Crippen LogP contribution < -0.4 is 5.32 Å². The predicted molar refractivity (Wildman–Crippen MR) is 69.9 cm³/mol. The summed E-state index contributed by atoms with van der Waals surface area (Å²) in [4.78, 5) is 1.01. The van der Waals surface area contributed by atoms with E-state index >= 15 is 0 Å². The standard InChI is InChI=1S/C14H15NOS/c1-14(16,12-7-4-8-17-12)13-11-6-3-2-5-10(11)9-15-13/h2-8,13,15-16H,9H2,1H3. The van der Waals surface area contributed by atoms with Crippen molar-refractivity contribution in [2.24, 2.45) is 0 Å². The Kier molecular flexibility index (Phi) is 2.54. The van der Waals surface area contributed by atoms with Crippen molar-refractivity contribution in [1.29, 1.82) is 0 Å². The molecule has 0 bridgehead atoms. The molecule has 0 aliphatic carbocycles. The summed E-state index contributed by atoms with van der Waals surface area (Å²) in [6.45, 7) is 2.72. The van der Waals surface area contributed by atoms with Crippen LogP contribution in [0.4, 0.5) is 0 Å². The van der Waals surface area contributed by atoms with Gasteiger partial charge in [-0.15, -0.1) is 11.3 Å². The van der Waals surface area contributed by atoms with Gasteiger partial charge in [-0.05, 0) is 29.5 Å². The van der Waals surface area contributed by atoms with Crippen molar-refractivity contribution in [3.8, 4) is 0 Å². The molecular formula is C14H15NOS. The van der Waals surface area contributed by atoms with Crippen LogP contribution in [0.1, 0.15) is 29.0 Å². The molecule has 0 saturated carbocycles. The van der Waals surface area contributed by atoms with E-state index in [2.05, 4.69) is 17.4 Å². The van der Waals surface area contributed by atoms with Crippen molar-refractivity contribution in [2.75, 3.05) is 0 Å². The highest BCUT2D eigenvalue weighted by Crippen LogP contribution is 2.41. The maximum absolute atomic E-state index is 10.8. The first-order valence-electron chi connectivity index (χ1n) is 5.77. The third-order valence-corrected chi connectivity index (χ3v) is 4.54. The number of hydrogen-bond acceptors (Lipinski definition) is 3. The molecule has 1 aromatic carbocycles. The number of hydrogen-bond donors (Lipinski definition) is 2. The average molecular weight is 245 g/mol. The van der Waals surface area contributed by atoms with Gasteiger partial charge in [0.1, 0.15) is 5.60 Å². The molecule has 1 aromatic heterocycles. The van der Waals surface area contributed by atoms with Crippen LogP contribution >= 0.6 is 11.3 Å². The van der Waals surface area contributed by atoms with E-state index in [1.807, 2.05) is 36.6 Å². The largest absolute Gasteiger partial charge is 0.383 e. The van der Waals surface area contributed by atoms with Crippen molar-refractivity contribution in [3.63, 3.8) is 0 Å². The topological polar surface area (TPSA) is 32.3 Å². The summed E-state index contributed by atoms with van der Waals surface area (Å²) in [5.41, 5.74) is 1.65. The fourth-order valence-electron chi connectivity index (χ4n) is 2.51. The van der Waals surface area contributed by atoms with Gasteiger partial charge in [-0.2, -0.15) is 0 Å². The number of benzene rings is 1.